The van der Waals surface area contributed by atoms with Gasteiger partial charge in [-0.25, -0.2) is 0 Å². The maximum atomic E-state index is 10.5. The number of phenols is 1. The van der Waals surface area contributed by atoms with Crippen molar-refractivity contribution in [2.45, 2.75) is 0 Å². The molecular formula is C20H16O3. The van der Waals surface area contributed by atoms with Crippen molar-refractivity contribution in [3.8, 4) is 16.9 Å². The van der Waals surface area contributed by atoms with Crippen molar-refractivity contribution in [2.75, 3.05) is 0 Å². The number of carbonyl (C=O) groups is 2. The van der Waals surface area contributed by atoms with Gasteiger partial charge < -0.3 is 5.11 Å². The van der Waals surface area contributed by atoms with Crippen molar-refractivity contribution >= 4 is 12.6 Å². The van der Waals surface area contributed by atoms with Gasteiger partial charge in [0.15, 0.2) is 0 Å². The summed E-state index contributed by atoms with van der Waals surface area (Å²) >= 11 is 0. The summed E-state index contributed by atoms with van der Waals surface area (Å²) in [5, 5.41) is 8.74. The van der Waals surface area contributed by atoms with Gasteiger partial charge in [0.1, 0.15) is 18.3 Å². The van der Waals surface area contributed by atoms with Gasteiger partial charge in [-0.3, -0.25) is 9.59 Å². The van der Waals surface area contributed by atoms with Crippen LogP contribution in [0.5, 0.6) is 5.75 Å². The monoisotopic (exact) mass is 304 g/mol. The second-order valence-corrected chi connectivity index (χ2v) is 4.82. The molecule has 3 aromatic carbocycles. The highest BCUT2D eigenvalue weighted by Crippen LogP contribution is 2.18. The fraction of sp³-hybridized carbons (Fsp3) is 0. The number of rotatable bonds is 3. The zero-order valence-electron chi connectivity index (χ0n) is 12.4. The first-order valence-electron chi connectivity index (χ1n) is 7.08. The van der Waals surface area contributed by atoms with E-state index in [2.05, 4.69) is 12.1 Å². The number of carbonyl (C=O) groups excluding carboxylic acids is 2. The van der Waals surface area contributed by atoms with Crippen molar-refractivity contribution in [3.05, 3.63) is 90.0 Å². The van der Waals surface area contributed by atoms with Crippen molar-refractivity contribution in [1.29, 1.82) is 0 Å². The summed E-state index contributed by atoms with van der Waals surface area (Å²) in [5.41, 5.74) is 3.60. The van der Waals surface area contributed by atoms with Gasteiger partial charge in [0.2, 0.25) is 0 Å². The fourth-order valence-corrected chi connectivity index (χ4v) is 1.94. The molecule has 3 nitrogen and oxygen atoms in total. The van der Waals surface area contributed by atoms with Crippen LogP contribution in [0.25, 0.3) is 11.1 Å². The third-order valence-electron chi connectivity index (χ3n) is 3.18. The summed E-state index contributed by atoms with van der Waals surface area (Å²) in [4.78, 5) is 20.5. The molecule has 0 fully saturated rings. The fourth-order valence-electron chi connectivity index (χ4n) is 1.94. The highest BCUT2D eigenvalue weighted by atomic mass is 16.3. The molecule has 114 valence electrons. The minimum Gasteiger partial charge on any atom is -0.508 e. The van der Waals surface area contributed by atoms with Crippen LogP contribution in [0.4, 0.5) is 0 Å². The average molecular weight is 304 g/mol. The number of hydrogen-bond donors (Lipinski definition) is 1. The third-order valence-corrected chi connectivity index (χ3v) is 3.18. The largest absolute Gasteiger partial charge is 0.508 e. The molecule has 0 saturated heterocycles. The molecule has 0 unspecified atom stereocenters. The van der Waals surface area contributed by atoms with Crippen LogP contribution >= 0.6 is 0 Å². The predicted molar refractivity (Wildman–Crippen MR) is 90.8 cm³/mol. The van der Waals surface area contributed by atoms with Gasteiger partial charge in [-0.2, -0.15) is 0 Å². The van der Waals surface area contributed by atoms with E-state index in [4.69, 9.17) is 5.11 Å². The van der Waals surface area contributed by atoms with E-state index >= 15 is 0 Å². The zero-order valence-corrected chi connectivity index (χ0v) is 12.4. The maximum Gasteiger partial charge on any atom is 0.150 e. The molecule has 1 N–H and O–H groups in total. The molecule has 0 spiro atoms. The smallest absolute Gasteiger partial charge is 0.150 e. The molecule has 0 heterocycles. The first kappa shape index (κ1) is 16.2. The molecule has 0 aromatic heterocycles. The zero-order chi connectivity index (χ0) is 16.5. The minimum absolute atomic E-state index is 0.181. The number of benzene rings is 3. The van der Waals surface area contributed by atoms with Gasteiger partial charge >= 0.3 is 0 Å². The standard InChI is InChI=1S/C13H10O.C7H6O2/c14-10-11-6-8-13(9-7-11)12-4-2-1-3-5-12;8-5-6-1-3-7(9)4-2-6/h1-10H;1-5,9H. The summed E-state index contributed by atoms with van der Waals surface area (Å²) in [7, 11) is 0. The van der Waals surface area contributed by atoms with E-state index in [1.54, 1.807) is 12.1 Å². The van der Waals surface area contributed by atoms with E-state index in [1.165, 1.54) is 17.7 Å². The lowest BCUT2D eigenvalue weighted by atomic mass is 10.0. The Hall–Kier alpha value is -3.20. The molecule has 3 rings (SSSR count). The lowest BCUT2D eigenvalue weighted by Gasteiger charge is -2.00. The molecule has 3 aromatic rings. The predicted octanol–water partition coefficient (Wildman–Crippen LogP) is 4.37. The van der Waals surface area contributed by atoms with E-state index in [0.717, 1.165) is 18.1 Å². The SMILES string of the molecule is O=Cc1ccc(-c2ccccc2)cc1.O=Cc1ccc(O)cc1. The van der Waals surface area contributed by atoms with Gasteiger partial charge in [-0.15, -0.1) is 0 Å². The van der Waals surface area contributed by atoms with Crippen molar-refractivity contribution in [3.63, 3.8) is 0 Å². The number of aldehydes is 2. The van der Waals surface area contributed by atoms with Crippen LogP contribution < -0.4 is 0 Å². The summed E-state index contributed by atoms with van der Waals surface area (Å²) in [6.07, 6.45) is 1.59. The van der Waals surface area contributed by atoms with Crippen molar-refractivity contribution in [2.24, 2.45) is 0 Å². The lowest BCUT2D eigenvalue weighted by molar-refractivity contribution is 0.111. The first-order chi connectivity index (χ1) is 11.2. The minimum atomic E-state index is 0.181. The molecular weight excluding hydrogens is 288 g/mol. The third kappa shape index (κ3) is 4.93. The summed E-state index contributed by atoms with van der Waals surface area (Å²) < 4.78 is 0. The van der Waals surface area contributed by atoms with Gasteiger partial charge in [0, 0.05) is 11.1 Å². The topological polar surface area (TPSA) is 54.4 Å². The number of hydrogen-bond acceptors (Lipinski definition) is 3. The maximum absolute atomic E-state index is 10.5. The number of aromatic hydroxyl groups is 1. The van der Waals surface area contributed by atoms with Crippen LogP contribution in [0, 0.1) is 0 Å². The number of phenolic OH excluding ortho intramolecular Hbond substituents is 1. The summed E-state index contributed by atoms with van der Waals surface area (Å²) in [6.45, 7) is 0. The Bertz CT molecular complexity index is 745. The average Bonchev–Trinajstić information content (AvgIpc) is 2.64. The first-order valence-corrected chi connectivity index (χ1v) is 7.08. The molecule has 0 bridgehead atoms. The van der Waals surface area contributed by atoms with E-state index < -0.39 is 0 Å². The second kappa shape index (κ2) is 8.29. The molecule has 0 atom stereocenters. The van der Waals surface area contributed by atoms with Crippen LogP contribution in [0.1, 0.15) is 20.7 Å². The van der Waals surface area contributed by atoms with E-state index in [-0.39, 0.29) is 5.75 Å². The highest BCUT2D eigenvalue weighted by molar-refractivity contribution is 5.77. The molecule has 23 heavy (non-hydrogen) atoms. The van der Waals surface area contributed by atoms with E-state index in [0.29, 0.717) is 11.1 Å². The Labute approximate surface area is 134 Å². The van der Waals surface area contributed by atoms with Gasteiger partial charge in [-0.05, 0) is 35.4 Å². The highest BCUT2D eigenvalue weighted by Gasteiger charge is 1.95. The van der Waals surface area contributed by atoms with Crippen LogP contribution in [0.3, 0.4) is 0 Å². The molecule has 0 amide bonds. The quantitative estimate of drug-likeness (QED) is 0.731. The van der Waals surface area contributed by atoms with Gasteiger partial charge in [0.25, 0.3) is 0 Å². The Morgan fingerprint density at radius 2 is 1.00 bits per heavy atom. The van der Waals surface area contributed by atoms with E-state index in [1.807, 2.05) is 42.5 Å². The second-order valence-electron chi connectivity index (χ2n) is 4.82. The molecule has 0 saturated carbocycles. The summed E-state index contributed by atoms with van der Waals surface area (Å²) in [5.74, 6) is 0.181. The molecule has 3 heteroatoms. The van der Waals surface area contributed by atoms with Gasteiger partial charge in [0.05, 0.1) is 0 Å². The van der Waals surface area contributed by atoms with Crippen LogP contribution in [-0.2, 0) is 0 Å². The van der Waals surface area contributed by atoms with Crippen molar-refractivity contribution in [1.82, 2.24) is 0 Å². The summed E-state index contributed by atoms with van der Waals surface area (Å²) in [6, 6.07) is 23.7. The van der Waals surface area contributed by atoms with Crippen LogP contribution in [0.2, 0.25) is 0 Å². The lowest BCUT2D eigenvalue weighted by Crippen LogP contribution is -1.80. The van der Waals surface area contributed by atoms with E-state index in [9.17, 15) is 9.59 Å². The molecule has 0 aliphatic carbocycles. The van der Waals surface area contributed by atoms with Gasteiger partial charge in [-0.1, -0.05) is 54.6 Å². The Balaban J connectivity index is 0.000000185. The van der Waals surface area contributed by atoms with Crippen LogP contribution in [0.15, 0.2) is 78.9 Å². The van der Waals surface area contributed by atoms with Crippen molar-refractivity contribution < 1.29 is 14.7 Å². The Morgan fingerprint density at radius 3 is 1.48 bits per heavy atom. The Kier molecular flexibility index (Phi) is 5.83. The molecule has 0 radical (unpaired) electrons. The van der Waals surface area contributed by atoms with Crippen LogP contribution in [-0.4, -0.2) is 17.7 Å². The molecule has 0 aliphatic rings. The molecule has 0 aliphatic heterocycles. The normalized spacial score (nSPS) is 9.39. The Morgan fingerprint density at radius 1 is 0.565 bits per heavy atom.